The van der Waals surface area contributed by atoms with Gasteiger partial charge in [0, 0.05) is 29.4 Å². The third kappa shape index (κ3) is 4.78. The number of amides is 1. The molecule has 4 rings (SSSR count). The number of benzene rings is 2. The van der Waals surface area contributed by atoms with Crippen LogP contribution in [-0.4, -0.2) is 41.5 Å². The number of likely N-dealkylation sites (N-methyl/N-ethyl adjacent to an activating group) is 1. The van der Waals surface area contributed by atoms with E-state index in [1.807, 2.05) is 24.3 Å². The molecular weight excluding hydrogens is 460 g/mol. The monoisotopic (exact) mass is 482 g/mol. The van der Waals surface area contributed by atoms with Gasteiger partial charge in [0.05, 0.1) is 12.8 Å². The lowest BCUT2D eigenvalue weighted by atomic mass is 9.99. The fourth-order valence-electron chi connectivity index (χ4n) is 3.54. The fraction of sp³-hybridized carbons (Fsp3) is 0.227. The van der Waals surface area contributed by atoms with E-state index in [0.717, 1.165) is 35.4 Å². The molecule has 1 aromatic heterocycles. The highest BCUT2D eigenvalue weighted by Crippen LogP contribution is 2.33. The van der Waals surface area contributed by atoms with Crippen molar-refractivity contribution in [3.63, 3.8) is 0 Å². The Hall–Kier alpha value is -3.17. The summed E-state index contributed by atoms with van der Waals surface area (Å²) in [5.74, 6) is 0.746. The van der Waals surface area contributed by atoms with Crippen molar-refractivity contribution in [3.05, 3.63) is 63.8 Å². The Balaban J connectivity index is 1.67. The van der Waals surface area contributed by atoms with Gasteiger partial charge in [-0.15, -0.1) is 0 Å². The third-order valence-corrected chi connectivity index (χ3v) is 5.61. The summed E-state index contributed by atoms with van der Waals surface area (Å²) in [5, 5.41) is 6.37. The SMILES string of the molecule is COc1cc2c(cc1Nc1ncc(C(N)=O)c(Nc3cccc(Br)c3)n1)CN(C)CC2. The quantitative estimate of drug-likeness (QED) is 0.490. The molecule has 0 atom stereocenters. The molecule has 0 saturated heterocycles. The molecular formula is C22H23BrN6O2. The van der Waals surface area contributed by atoms with E-state index in [1.165, 1.54) is 17.3 Å². The van der Waals surface area contributed by atoms with Gasteiger partial charge in [-0.2, -0.15) is 4.98 Å². The van der Waals surface area contributed by atoms with Crippen LogP contribution in [0.3, 0.4) is 0 Å². The van der Waals surface area contributed by atoms with Crippen LogP contribution >= 0.6 is 15.9 Å². The maximum absolute atomic E-state index is 11.9. The van der Waals surface area contributed by atoms with Crippen LogP contribution in [0.1, 0.15) is 21.5 Å². The van der Waals surface area contributed by atoms with Crippen LogP contribution in [-0.2, 0) is 13.0 Å². The maximum atomic E-state index is 11.9. The molecule has 2 aromatic carbocycles. The summed E-state index contributed by atoms with van der Waals surface area (Å²) in [4.78, 5) is 22.9. The van der Waals surface area contributed by atoms with Crippen molar-refractivity contribution in [2.75, 3.05) is 31.3 Å². The zero-order chi connectivity index (χ0) is 22.0. The molecule has 1 aliphatic heterocycles. The van der Waals surface area contributed by atoms with Gasteiger partial charge in [0.1, 0.15) is 17.1 Å². The van der Waals surface area contributed by atoms with Crippen molar-refractivity contribution in [1.29, 1.82) is 0 Å². The van der Waals surface area contributed by atoms with Crippen molar-refractivity contribution in [2.45, 2.75) is 13.0 Å². The van der Waals surface area contributed by atoms with Crippen molar-refractivity contribution < 1.29 is 9.53 Å². The summed E-state index contributed by atoms with van der Waals surface area (Å²) in [6.45, 7) is 1.89. The summed E-state index contributed by atoms with van der Waals surface area (Å²) < 4.78 is 6.48. The summed E-state index contributed by atoms with van der Waals surface area (Å²) in [7, 11) is 3.74. The molecule has 3 aromatic rings. The first-order chi connectivity index (χ1) is 14.9. The lowest BCUT2D eigenvalue weighted by Gasteiger charge is -2.26. The molecule has 0 aliphatic carbocycles. The standard InChI is InChI=1S/C22H23BrN6O2/c1-29-7-6-13-9-19(31-2)18(8-14(13)12-29)27-22-25-11-17(20(24)30)21(28-22)26-16-5-3-4-15(23)10-16/h3-5,8-11H,6-7,12H2,1-2H3,(H2,24,30)(H2,25,26,27,28). The number of methoxy groups -OCH3 is 1. The van der Waals surface area contributed by atoms with Gasteiger partial charge in [-0.25, -0.2) is 4.98 Å². The second-order valence-electron chi connectivity index (χ2n) is 7.39. The van der Waals surface area contributed by atoms with E-state index >= 15 is 0 Å². The van der Waals surface area contributed by atoms with E-state index in [9.17, 15) is 4.79 Å². The van der Waals surface area contributed by atoms with Crippen LogP contribution in [0.4, 0.5) is 23.1 Å². The number of nitrogens with zero attached hydrogens (tertiary/aromatic N) is 3. The lowest BCUT2D eigenvalue weighted by molar-refractivity contribution is 0.100. The molecule has 0 saturated carbocycles. The molecule has 31 heavy (non-hydrogen) atoms. The highest BCUT2D eigenvalue weighted by molar-refractivity contribution is 9.10. The molecule has 1 amide bonds. The zero-order valence-electron chi connectivity index (χ0n) is 17.3. The van der Waals surface area contributed by atoms with Gasteiger partial charge >= 0.3 is 0 Å². The lowest BCUT2D eigenvalue weighted by Crippen LogP contribution is -2.26. The number of carbonyl (C=O) groups excluding carboxylic acids is 1. The first-order valence-electron chi connectivity index (χ1n) is 9.77. The van der Waals surface area contributed by atoms with Crippen LogP contribution in [0.2, 0.25) is 0 Å². The van der Waals surface area contributed by atoms with Crippen LogP contribution in [0, 0.1) is 0 Å². The van der Waals surface area contributed by atoms with E-state index in [-0.39, 0.29) is 5.56 Å². The number of hydrogen-bond donors (Lipinski definition) is 3. The van der Waals surface area contributed by atoms with Gasteiger partial charge in [0.2, 0.25) is 5.95 Å². The van der Waals surface area contributed by atoms with Crippen LogP contribution < -0.4 is 21.1 Å². The molecule has 1 aliphatic rings. The molecule has 2 heterocycles. The molecule has 160 valence electrons. The number of aromatic nitrogens is 2. The van der Waals surface area contributed by atoms with E-state index in [2.05, 4.69) is 60.6 Å². The van der Waals surface area contributed by atoms with E-state index in [4.69, 9.17) is 10.5 Å². The minimum Gasteiger partial charge on any atom is -0.495 e. The molecule has 0 fully saturated rings. The second kappa shape index (κ2) is 8.91. The number of primary amides is 1. The van der Waals surface area contributed by atoms with E-state index < -0.39 is 5.91 Å². The van der Waals surface area contributed by atoms with Crippen molar-refractivity contribution >= 4 is 45.0 Å². The van der Waals surface area contributed by atoms with Gasteiger partial charge in [-0.3, -0.25) is 4.79 Å². The summed E-state index contributed by atoms with van der Waals surface area (Å²) in [6.07, 6.45) is 2.39. The number of fused-ring (bicyclic) bond motifs is 1. The van der Waals surface area contributed by atoms with Crippen LogP contribution in [0.25, 0.3) is 0 Å². The number of hydrogen-bond acceptors (Lipinski definition) is 7. The number of rotatable bonds is 6. The average molecular weight is 483 g/mol. The predicted molar refractivity (Wildman–Crippen MR) is 124 cm³/mol. The molecule has 9 heteroatoms. The minimum absolute atomic E-state index is 0.199. The van der Waals surface area contributed by atoms with Gasteiger partial charge in [-0.1, -0.05) is 22.0 Å². The number of anilines is 4. The molecule has 4 N–H and O–H groups in total. The Morgan fingerprint density at radius 2 is 2.06 bits per heavy atom. The number of carbonyl (C=O) groups is 1. The maximum Gasteiger partial charge on any atom is 0.254 e. The van der Waals surface area contributed by atoms with Crippen LogP contribution in [0.15, 0.2) is 47.1 Å². The highest BCUT2D eigenvalue weighted by atomic mass is 79.9. The van der Waals surface area contributed by atoms with Crippen LogP contribution in [0.5, 0.6) is 5.75 Å². The van der Waals surface area contributed by atoms with Crippen molar-refractivity contribution in [3.8, 4) is 5.75 Å². The molecule has 0 spiro atoms. The normalized spacial score (nSPS) is 13.4. The Kier molecular flexibility index (Phi) is 6.06. The molecule has 0 unspecified atom stereocenters. The van der Waals surface area contributed by atoms with Gasteiger partial charge in [0.15, 0.2) is 0 Å². The summed E-state index contributed by atoms with van der Waals surface area (Å²) >= 11 is 3.44. The third-order valence-electron chi connectivity index (χ3n) is 5.11. The second-order valence-corrected chi connectivity index (χ2v) is 8.31. The first-order valence-corrected chi connectivity index (χ1v) is 10.6. The number of ether oxygens (including phenoxy) is 1. The van der Waals surface area contributed by atoms with Gasteiger partial charge < -0.3 is 26.0 Å². The fourth-order valence-corrected chi connectivity index (χ4v) is 3.93. The number of halogens is 1. The van der Waals surface area contributed by atoms with Crippen molar-refractivity contribution in [1.82, 2.24) is 14.9 Å². The van der Waals surface area contributed by atoms with Gasteiger partial charge in [0.25, 0.3) is 5.91 Å². The molecule has 0 bridgehead atoms. The Bertz CT molecular complexity index is 1140. The zero-order valence-corrected chi connectivity index (χ0v) is 18.9. The van der Waals surface area contributed by atoms with E-state index in [0.29, 0.717) is 17.5 Å². The first kappa shape index (κ1) is 21.1. The summed E-state index contributed by atoms with van der Waals surface area (Å²) in [6, 6.07) is 11.7. The topological polar surface area (TPSA) is 105 Å². The van der Waals surface area contributed by atoms with Crippen molar-refractivity contribution in [2.24, 2.45) is 5.73 Å². The summed E-state index contributed by atoms with van der Waals surface area (Å²) in [5.41, 5.74) is 9.76. The predicted octanol–water partition coefficient (Wildman–Crippen LogP) is 3.82. The largest absolute Gasteiger partial charge is 0.495 e. The van der Waals surface area contributed by atoms with E-state index in [1.54, 1.807) is 7.11 Å². The Morgan fingerprint density at radius 1 is 1.23 bits per heavy atom. The number of nitrogens with two attached hydrogens (primary N) is 1. The number of nitrogens with one attached hydrogen (secondary N) is 2. The highest BCUT2D eigenvalue weighted by Gasteiger charge is 2.18. The average Bonchev–Trinajstić information content (AvgIpc) is 2.73. The molecule has 8 nitrogen and oxygen atoms in total. The smallest absolute Gasteiger partial charge is 0.254 e. The van der Waals surface area contributed by atoms with Gasteiger partial charge in [-0.05, 0) is 54.9 Å². The minimum atomic E-state index is -0.613. The molecule has 0 radical (unpaired) electrons. The Labute approximate surface area is 189 Å². The Morgan fingerprint density at radius 3 is 2.81 bits per heavy atom.